The van der Waals surface area contributed by atoms with Gasteiger partial charge in [-0.1, -0.05) is 17.7 Å². The summed E-state index contributed by atoms with van der Waals surface area (Å²) in [5, 5.41) is 2.79. The summed E-state index contributed by atoms with van der Waals surface area (Å²) in [6.45, 7) is 6.93. The van der Waals surface area contributed by atoms with E-state index < -0.39 is 10.0 Å². The number of nitrogens with one attached hydrogen (secondary N) is 2. The number of carbonyl (C=O) groups is 2. The van der Waals surface area contributed by atoms with E-state index in [9.17, 15) is 18.0 Å². The van der Waals surface area contributed by atoms with Gasteiger partial charge in [0, 0.05) is 44.0 Å². The van der Waals surface area contributed by atoms with Crippen LogP contribution in [0.2, 0.25) is 0 Å². The minimum Gasteiger partial charge on any atom is -0.495 e. The number of hydrogen-bond acceptors (Lipinski definition) is 6. The van der Waals surface area contributed by atoms with E-state index in [4.69, 9.17) is 4.74 Å². The van der Waals surface area contributed by atoms with Gasteiger partial charge in [0.2, 0.25) is 5.91 Å². The maximum Gasteiger partial charge on any atom is 0.265 e. The van der Waals surface area contributed by atoms with Crippen molar-refractivity contribution < 1.29 is 22.7 Å². The first kappa shape index (κ1) is 25.5. The standard InChI is InChI=1S/C24H32N4O5S/c1-4-25-23(29)17-27-12-5-13-28(15-14-27)24(30)19-8-11-21(33-3)22(16-19)34(31,32)26-20-9-6-18(2)7-10-20/h6-11,16,26H,4-5,12-15,17H2,1-3H3,(H,25,29). The topological polar surface area (TPSA) is 108 Å². The van der Waals surface area contributed by atoms with Gasteiger partial charge in [0.05, 0.1) is 13.7 Å². The van der Waals surface area contributed by atoms with E-state index in [1.165, 1.54) is 19.2 Å². The van der Waals surface area contributed by atoms with Crippen molar-refractivity contribution in [2.45, 2.75) is 25.2 Å². The molecule has 1 aliphatic heterocycles. The van der Waals surface area contributed by atoms with Gasteiger partial charge in [-0.2, -0.15) is 0 Å². The maximum absolute atomic E-state index is 13.2. The number of hydrogen-bond donors (Lipinski definition) is 2. The lowest BCUT2D eigenvalue weighted by atomic mass is 10.2. The summed E-state index contributed by atoms with van der Waals surface area (Å²) >= 11 is 0. The molecule has 1 aliphatic rings. The molecule has 184 valence electrons. The van der Waals surface area contributed by atoms with Crippen LogP contribution in [0.15, 0.2) is 47.4 Å². The van der Waals surface area contributed by atoms with Crippen molar-refractivity contribution in [2.24, 2.45) is 0 Å². The van der Waals surface area contributed by atoms with Crippen LogP contribution < -0.4 is 14.8 Å². The Hall–Kier alpha value is -3.11. The molecular formula is C24H32N4O5S. The van der Waals surface area contributed by atoms with Crippen molar-refractivity contribution in [2.75, 3.05) is 51.1 Å². The van der Waals surface area contributed by atoms with Crippen molar-refractivity contribution in [3.8, 4) is 5.75 Å². The summed E-state index contributed by atoms with van der Waals surface area (Å²) in [4.78, 5) is 28.7. The quantitative estimate of drug-likeness (QED) is 0.589. The summed E-state index contributed by atoms with van der Waals surface area (Å²) in [5.41, 5.74) is 1.70. The van der Waals surface area contributed by atoms with Gasteiger partial charge in [0.1, 0.15) is 10.6 Å². The lowest BCUT2D eigenvalue weighted by Gasteiger charge is -2.22. The number of sulfonamides is 1. The number of ether oxygens (including phenoxy) is 1. The zero-order chi connectivity index (χ0) is 24.7. The van der Waals surface area contributed by atoms with Crippen LogP contribution in [0.5, 0.6) is 5.75 Å². The van der Waals surface area contributed by atoms with Crippen molar-refractivity contribution in [3.63, 3.8) is 0 Å². The highest BCUT2D eigenvalue weighted by Gasteiger charge is 2.25. The predicted octanol–water partition coefficient (Wildman–Crippen LogP) is 2.09. The molecule has 1 fully saturated rings. The lowest BCUT2D eigenvalue weighted by Crippen LogP contribution is -2.40. The number of benzene rings is 2. The van der Waals surface area contributed by atoms with Gasteiger partial charge in [-0.15, -0.1) is 0 Å². The number of aryl methyl sites for hydroxylation is 1. The number of carbonyl (C=O) groups excluding carboxylic acids is 2. The summed E-state index contributed by atoms with van der Waals surface area (Å²) in [7, 11) is -2.60. The van der Waals surface area contributed by atoms with Crippen molar-refractivity contribution >= 4 is 27.5 Å². The van der Waals surface area contributed by atoms with Gasteiger partial charge in [-0.3, -0.25) is 19.2 Å². The molecule has 0 spiro atoms. The van der Waals surface area contributed by atoms with Crippen LogP contribution in [-0.2, 0) is 14.8 Å². The van der Waals surface area contributed by atoms with Crippen molar-refractivity contribution in [1.82, 2.24) is 15.1 Å². The maximum atomic E-state index is 13.2. The van der Waals surface area contributed by atoms with E-state index in [0.29, 0.717) is 45.0 Å². The Labute approximate surface area is 201 Å². The monoisotopic (exact) mass is 488 g/mol. The first-order valence-electron chi connectivity index (χ1n) is 11.3. The van der Waals surface area contributed by atoms with Crippen molar-refractivity contribution in [1.29, 1.82) is 0 Å². The Bertz CT molecular complexity index is 1120. The van der Waals surface area contributed by atoms with Gasteiger partial charge < -0.3 is 15.0 Å². The Kier molecular flexibility index (Phi) is 8.51. The average molecular weight is 489 g/mol. The first-order valence-corrected chi connectivity index (χ1v) is 12.8. The number of methoxy groups -OCH3 is 1. The fraction of sp³-hybridized carbons (Fsp3) is 0.417. The molecule has 2 N–H and O–H groups in total. The minimum atomic E-state index is -3.99. The Morgan fingerprint density at radius 1 is 1.03 bits per heavy atom. The third kappa shape index (κ3) is 6.48. The molecule has 1 heterocycles. The SMILES string of the molecule is CCNC(=O)CN1CCCN(C(=O)c2ccc(OC)c(S(=O)(=O)Nc3ccc(C)cc3)c2)CC1. The summed E-state index contributed by atoms with van der Waals surface area (Å²) < 4.78 is 34.0. The van der Waals surface area contributed by atoms with Crippen LogP contribution in [0.4, 0.5) is 5.69 Å². The van der Waals surface area contributed by atoms with Crippen LogP contribution in [0.1, 0.15) is 29.3 Å². The summed E-state index contributed by atoms with van der Waals surface area (Å²) in [6, 6.07) is 11.4. The average Bonchev–Trinajstić information content (AvgIpc) is 3.05. The summed E-state index contributed by atoms with van der Waals surface area (Å²) in [6.07, 6.45) is 0.724. The zero-order valence-electron chi connectivity index (χ0n) is 19.8. The van der Waals surface area contributed by atoms with E-state index in [2.05, 4.69) is 10.0 Å². The van der Waals surface area contributed by atoms with Crippen LogP contribution >= 0.6 is 0 Å². The normalized spacial score (nSPS) is 14.9. The van der Waals surface area contributed by atoms with E-state index in [0.717, 1.165) is 12.0 Å². The van der Waals surface area contributed by atoms with Gasteiger partial charge in [-0.25, -0.2) is 8.42 Å². The van der Waals surface area contributed by atoms with Gasteiger partial charge >= 0.3 is 0 Å². The number of anilines is 1. The van der Waals surface area contributed by atoms with Crippen LogP contribution in [0.3, 0.4) is 0 Å². The molecule has 0 aliphatic carbocycles. The molecule has 0 unspecified atom stereocenters. The molecule has 0 aromatic heterocycles. The molecule has 10 heteroatoms. The largest absolute Gasteiger partial charge is 0.495 e. The number of nitrogens with zero attached hydrogens (tertiary/aromatic N) is 2. The van der Waals surface area contributed by atoms with Gasteiger partial charge in [0.15, 0.2) is 0 Å². The molecule has 0 saturated carbocycles. The Morgan fingerprint density at radius 2 is 1.76 bits per heavy atom. The number of likely N-dealkylation sites (N-methyl/N-ethyl adjacent to an activating group) is 1. The number of amides is 2. The molecule has 2 aromatic carbocycles. The fourth-order valence-electron chi connectivity index (χ4n) is 3.82. The molecule has 0 radical (unpaired) electrons. The van der Waals surface area contributed by atoms with E-state index >= 15 is 0 Å². The van der Waals surface area contributed by atoms with Gasteiger partial charge in [-0.05, 0) is 50.6 Å². The minimum absolute atomic E-state index is 0.0339. The molecule has 2 amide bonds. The molecule has 0 bridgehead atoms. The molecule has 3 rings (SSSR count). The molecular weight excluding hydrogens is 456 g/mol. The second kappa shape index (κ2) is 11.3. The van der Waals surface area contributed by atoms with Gasteiger partial charge in [0.25, 0.3) is 15.9 Å². The smallest absolute Gasteiger partial charge is 0.265 e. The van der Waals surface area contributed by atoms with Crippen LogP contribution in [0.25, 0.3) is 0 Å². The Morgan fingerprint density at radius 3 is 2.44 bits per heavy atom. The first-order chi connectivity index (χ1) is 16.2. The number of rotatable bonds is 8. The van der Waals surface area contributed by atoms with Crippen LogP contribution in [-0.4, -0.2) is 76.4 Å². The highest BCUT2D eigenvalue weighted by atomic mass is 32.2. The van der Waals surface area contributed by atoms with Crippen LogP contribution in [0, 0.1) is 6.92 Å². The molecule has 1 saturated heterocycles. The molecule has 0 atom stereocenters. The third-order valence-corrected chi connectivity index (χ3v) is 7.02. The van der Waals surface area contributed by atoms with E-state index in [1.54, 1.807) is 23.1 Å². The second-order valence-electron chi connectivity index (χ2n) is 8.21. The highest BCUT2D eigenvalue weighted by molar-refractivity contribution is 7.92. The van der Waals surface area contributed by atoms with E-state index in [1.807, 2.05) is 30.9 Å². The van der Waals surface area contributed by atoms with E-state index in [-0.39, 0.29) is 28.0 Å². The Balaban J connectivity index is 1.77. The molecule has 34 heavy (non-hydrogen) atoms. The molecule has 2 aromatic rings. The molecule has 9 nitrogen and oxygen atoms in total. The lowest BCUT2D eigenvalue weighted by molar-refractivity contribution is -0.122. The van der Waals surface area contributed by atoms with Crippen molar-refractivity contribution in [3.05, 3.63) is 53.6 Å². The fourth-order valence-corrected chi connectivity index (χ4v) is 5.08. The highest BCUT2D eigenvalue weighted by Crippen LogP contribution is 2.28. The predicted molar refractivity (Wildman–Crippen MR) is 131 cm³/mol. The zero-order valence-corrected chi connectivity index (χ0v) is 20.7. The second-order valence-corrected chi connectivity index (χ2v) is 9.86. The third-order valence-electron chi connectivity index (χ3n) is 5.62. The summed E-state index contributed by atoms with van der Waals surface area (Å²) in [5.74, 6) is -0.136.